The van der Waals surface area contributed by atoms with Gasteiger partial charge in [-0.25, -0.2) is 33.2 Å². The van der Waals surface area contributed by atoms with Crippen molar-refractivity contribution < 1.29 is 13.5 Å². The van der Waals surface area contributed by atoms with Crippen molar-refractivity contribution in [3.63, 3.8) is 0 Å². The van der Waals surface area contributed by atoms with Gasteiger partial charge in [0.25, 0.3) is 0 Å². The van der Waals surface area contributed by atoms with E-state index in [9.17, 15) is 4.39 Å². The summed E-state index contributed by atoms with van der Waals surface area (Å²) < 4.78 is 37.8. The molecule has 2 N–H and O–H groups in total. The molecule has 0 fully saturated rings. The van der Waals surface area contributed by atoms with Gasteiger partial charge in [0.2, 0.25) is 5.88 Å². The lowest BCUT2D eigenvalue weighted by molar-refractivity contribution is 0.210. The normalized spacial score (nSPS) is 12.5. The van der Waals surface area contributed by atoms with Crippen LogP contribution in [-0.4, -0.2) is 39.3 Å². The average molecular weight is 423 g/mol. The number of aromatic nitrogens is 8. The summed E-state index contributed by atoms with van der Waals surface area (Å²) in [4.78, 5) is 16.8. The van der Waals surface area contributed by atoms with Crippen LogP contribution in [0.1, 0.15) is 18.9 Å². The molecular formula is C19H15F2N9O. The van der Waals surface area contributed by atoms with E-state index in [0.29, 0.717) is 22.3 Å². The highest BCUT2D eigenvalue weighted by atomic mass is 19.1. The first-order chi connectivity index (χ1) is 14.9. The number of aryl methyl sites for hydroxylation is 1. The van der Waals surface area contributed by atoms with Gasteiger partial charge in [-0.05, 0) is 13.0 Å². The SMILES string of the molecule is C[C@@H](Oc1ncc(-c2ccn3ncc(F)c3c2F)c2ncnc(N)c12)c1ncn(C)n1. The predicted octanol–water partition coefficient (Wildman–Crippen LogP) is 2.47. The van der Waals surface area contributed by atoms with Crippen LogP contribution in [0.2, 0.25) is 0 Å². The van der Waals surface area contributed by atoms with E-state index in [2.05, 4.69) is 30.1 Å². The highest BCUT2D eigenvalue weighted by Crippen LogP contribution is 2.37. The number of ether oxygens (including phenoxy) is 1. The van der Waals surface area contributed by atoms with Crippen molar-refractivity contribution >= 4 is 22.2 Å². The van der Waals surface area contributed by atoms with Crippen LogP contribution in [0.25, 0.3) is 27.5 Å². The maximum Gasteiger partial charge on any atom is 0.227 e. The molecule has 0 bridgehead atoms. The molecule has 0 spiro atoms. The third-order valence-corrected chi connectivity index (χ3v) is 4.79. The maximum atomic E-state index is 15.2. The zero-order valence-corrected chi connectivity index (χ0v) is 16.4. The first-order valence-electron chi connectivity index (χ1n) is 9.17. The summed E-state index contributed by atoms with van der Waals surface area (Å²) >= 11 is 0. The van der Waals surface area contributed by atoms with E-state index in [4.69, 9.17) is 10.5 Å². The Kier molecular flexibility index (Phi) is 4.20. The molecule has 0 radical (unpaired) electrons. The fourth-order valence-corrected chi connectivity index (χ4v) is 3.33. The van der Waals surface area contributed by atoms with Crippen LogP contribution in [0.4, 0.5) is 14.6 Å². The molecule has 0 aliphatic carbocycles. The van der Waals surface area contributed by atoms with Crippen LogP contribution in [0, 0.1) is 11.6 Å². The Hall–Kier alpha value is -4.22. The van der Waals surface area contributed by atoms with Crippen LogP contribution < -0.4 is 10.5 Å². The van der Waals surface area contributed by atoms with Gasteiger partial charge in [-0.15, -0.1) is 0 Å². The number of hydrogen-bond acceptors (Lipinski definition) is 8. The summed E-state index contributed by atoms with van der Waals surface area (Å²) in [6, 6.07) is 1.46. The molecular weight excluding hydrogens is 408 g/mol. The summed E-state index contributed by atoms with van der Waals surface area (Å²) in [5, 5.41) is 8.29. The number of nitrogens with two attached hydrogens (primary N) is 1. The molecule has 1 atom stereocenters. The molecule has 0 aliphatic heterocycles. The van der Waals surface area contributed by atoms with E-state index < -0.39 is 17.7 Å². The molecule has 5 heterocycles. The number of hydrogen-bond donors (Lipinski definition) is 1. The summed E-state index contributed by atoms with van der Waals surface area (Å²) in [7, 11) is 1.74. The number of nitrogens with zero attached hydrogens (tertiary/aromatic N) is 8. The van der Waals surface area contributed by atoms with Crippen molar-refractivity contribution in [1.29, 1.82) is 0 Å². The third-order valence-electron chi connectivity index (χ3n) is 4.79. The Morgan fingerprint density at radius 3 is 2.71 bits per heavy atom. The zero-order valence-electron chi connectivity index (χ0n) is 16.4. The number of pyridine rings is 2. The molecule has 156 valence electrons. The number of nitrogen functional groups attached to an aromatic ring is 1. The molecule has 0 saturated carbocycles. The van der Waals surface area contributed by atoms with Crippen LogP contribution in [0.5, 0.6) is 5.88 Å². The van der Waals surface area contributed by atoms with E-state index in [-0.39, 0.29) is 22.8 Å². The average Bonchev–Trinajstić information content (AvgIpc) is 3.35. The van der Waals surface area contributed by atoms with E-state index in [1.165, 1.54) is 24.8 Å². The van der Waals surface area contributed by atoms with E-state index >= 15 is 4.39 Å². The van der Waals surface area contributed by atoms with E-state index in [1.807, 2.05) is 0 Å². The topological polar surface area (TPSA) is 122 Å². The zero-order chi connectivity index (χ0) is 21.7. The first-order valence-corrected chi connectivity index (χ1v) is 9.17. The van der Waals surface area contributed by atoms with Gasteiger partial charge in [-0.2, -0.15) is 10.2 Å². The second-order valence-corrected chi connectivity index (χ2v) is 6.83. The molecule has 0 aliphatic rings. The molecule has 0 aromatic carbocycles. The highest BCUT2D eigenvalue weighted by molar-refractivity contribution is 6.01. The van der Waals surface area contributed by atoms with Gasteiger partial charge in [-0.3, -0.25) is 4.68 Å². The van der Waals surface area contributed by atoms with Crippen molar-refractivity contribution in [3.8, 4) is 17.0 Å². The summed E-state index contributed by atoms with van der Waals surface area (Å²) in [6.45, 7) is 1.76. The second kappa shape index (κ2) is 6.93. The lowest BCUT2D eigenvalue weighted by Crippen LogP contribution is -2.09. The minimum Gasteiger partial charge on any atom is -0.466 e. The molecule has 5 aromatic heterocycles. The van der Waals surface area contributed by atoms with Crippen molar-refractivity contribution in [1.82, 2.24) is 39.3 Å². The molecule has 5 aromatic rings. The van der Waals surface area contributed by atoms with Crippen LogP contribution >= 0.6 is 0 Å². The quantitative estimate of drug-likeness (QED) is 0.468. The predicted molar refractivity (Wildman–Crippen MR) is 106 cm³/mol. The van der Waals surface area contributed by atoms with Gasteiger partial charge < -0.3 is 10.5 Å². The molecule has 12 heteroatoms. The maximum absolute atomic E-state index is 15.2. The molecule has 31 heavy (non-hydrogen) atoms. The van der Waals surface area contributed by atoms with Gasteiger partial charge in [-0.1, -0.05) is 0 Å². The molecule has 0 amide bonds. The Morgan fingerprint density at radius 1 is 1.10 bits per heavy atom. The lowest BCUT2D eigenvalue weighted by Gasteiger charge is -2.15. The smallest absolute Gasteiger partial charge is 0.227 e. The largest absolute Gasteiger partial charge is 0.466 e. The van der Waals surface area contributed by atoms with Crippen LogP contribution in [0.15, 0.2) is 37.3 Å². The van der Waals surface area contributed by atoms with Crippen molar-refractivity contribution in [3.05, 3.63) is 54.8 Å². The molecule has 5 rings (SSSR count). The van der Waals surface area contributed by atoms with Crippen LogP contribution in [-0.2, 0) is 7.05 Å². The van der Waals surface area contributed by atoms with Crippen molar-refractivity contribution in [2.24, 2.45) is 7.05 Å². The van der Waals surface area contributed by atoms with Gasteiger partial charge in [0.15, 0.2) is 23.6 Å². The molecule has 0 saturated heterocycles. The standard InChI is InChI=1S/C19H15F2N9O/c1-9(18-26-8-29(2)28-18)31-19-13-15(24-7-25-17(13)22)11(5-23-19)10-3-4-30-16(14(10)21)12(20)6-27-30/h3-9H,1-2H3,(H2,22,24,25)/t9-/m1/s1. The van der Waals surface area contributed by atoms with Gasteiger partial charge in [0, 0.05) is 30.6 Å². The van der Waals surface area contributed by atoms with Gasteiger partial charge in [0.1, 0.15) is 29.4 Å². The van der Waals surface area contributed by atoms with E-state index in [1.54, 1.807) is 25.0 Å². The van der Waals surface area contributed by atoms with Crippen LogP contribution in [0.3, 0.4) is 0 Å². The van der Waals surface area contributed by atoms with Gasteiger partial charge >= 0.3 is 0 Å². The minimum absolute atomic E-state index is 0.0912. The third kappa shape index (κ3) is 2.99. The number of fused-ring (bicyclic) bond motifs is 2. The van der Waals surface area contributed by atoms with Crippen molar-refractivity contribution in [2.75, 3.05) is 5.73 Å². The Labute approximate surface area is 173 Å². The number of rotatable bonds is 4. The lowest BCUT2D eigenvalue weighted by atomic mass is 10.0. The Morgan fingerprint density at radius 2 is 1.94 bits per heavy atom. The van der Waals surface area contributed by atoms with Gasteiger partial charge in [0.05, 0.1) is 11.7 Å². The Bertz CT molecular complexity index is 1450. The second-order valence-electron chi connectivity index (χ2n) is 6.83. The fraction of sp³-hybridized carbons (Fsp3) is 0.158. The monoisotopic (exact) mass is 423 g/mol. The minimum atomic E-state index is -0.794. The fourth-order valence-electron chi connectivity index (χ4n) is 3.33. The number of halogens is 2. The van der Waals surface area contributed by atoms with Crippen molar-refractivity contribution in [2.45, 2.75) is 13.0 Å². The molecule has 10 nitrogen and oxygen atoms in total. The first kappa shape index (κ1) is 18.8. The van der Waals surface area contributed by atoms with E-state index in [0.717, 1.165) is 10.7 Å². The summed E-state index contributed by atoms with van der Waals surface area (Å²) in [5.74, 6) is -0.870. The number of anilines is 1. The molecule has 0 unspecified atom stereocenters. The Balaban J connectivity index is 1.67. The summed E-state index contributed by atoms with van der Waals surface area (Å²) in [5.41, 5.74) is 6.51. The highest BCUT2D eigenvalue weighted by Gasteiger charge is 2.22. The summed E-state index contributed by atoms with van der Waals surface area (Å²) in [6.07, 6.45) is 6.05.